The maximum atomic E-state index is 13.6. The topological polar surface area (TPSA) is 136 Å². The van der Waals surface area contributed by atoms with Crippen LogP contribution in [0.5, 0.6) is 11.5 Å². The Morgan fingerprint density at radius 2 is 1.49 bits per heavy atom. The Balaban J connectivity index is 1.67. The minimum absolute atomic E-state index is 0.0658. The molecule has 43 heavy (non-hydrogen) atoms. The number of nitrogens with one attached hydrogen (secondary N) is 1. The molecule has 3 aromatic carbocycles. The minimum Gasteiger partial charge on any atom is -0.395 e. The van der Waals surface area contributed by atoms with Gasteiger partial charge in [0.25, 0.3) is 0 Å². The van der Waals surface area contributed by atoms with E-state index in [2.05, 4.69) is 14.2 Å². The summed E-state index contributed by atoms with van der Waals surface area (Å²) in [7, 11) is -6.93. The van der Waals surface area contributed by atoms with Crippen LogP contribution in [-0.4, -0.2) is 46.8 Å². The Kier molecular flexibility index (Phi) is 9.04. The summed E-state index contributed by atoms with van der Waals surface area (Å²) in [6.07, 6.45) is -3.92. The van der Waals surface area contributed by atoms with Crippen LogP contribution in [0.25, 0.3) is 11.1 Å². The van der Waals surface area contributed by atoms with Gasteiger partial charge in [-0.1, -0.05) is 45.9 Å². The molecule has 1 heterocycles. The second kappa shape index (κ2) is 11.9. The molecule has 0 bridgehead atoms. The van der Waals surface area contributed by atoms with Gasteiger partial charge in [-0.25, -0.2) is 21.6 Å². The minimum atomic E-state index is -4.18. The zero-order valence-electron chi connectivity index (χ0n) is 24.3. The summed E-state index contributed by atoms with van der Waals surface area (Å²) < 4.78 is 89.2. The van der Waals surface area contributed by atoms with Crippen molar-refractivity contribution >= 4 is 25.6 Å². The highest BCUT2D eigenvalue weighted by Gasteiger charge is 2.43. The number of rotatable bonds is 11. The Labute approximate surface area is 249 Å². The van der Waals surface area contributed by atoms with Gasteiger partial charge in [0.15, 0.2) is 27.1 Å². The molecule has 1 aliphatic rings. The molecule has 2 N–H and O–H groups in total. The first-order chi connectivity index (χ1) is 20.0. The highest BCUT2D eigenvalue weighted by atomic mass is 32.2. The molecular weight excluding hydrogens is 604 g/mol. The molecule has 4 rings (SSSR count). The fraction of sp³-hybridized carbons (Fsp3) is 0.367. The molecule has 0 amide bonds. The van der Waals surface area contributed by atoms with Crippen LogP contribution < -0.4 is 14.2 Å². The van der Waals surface area contributed by atoms with Crippen molar-refractivity contribution in [2.75, 3.05) is 12.8 Å². The second-order valence-electron chi connectivity index (χ2n) is 10.9. The highest BCUT2D eigenvalue weighted by molar-refractivity contribution is 7.92. The first-order valence-corrected chi connectivity index (χ1v) is 16.6. The molecule has 13 heteroatoms. The van der Waals surface area contributed by atoms with Crippen molar-refractivity contribution < 1.29 is 45.0 Å². The van der Waals surface area contributed by atoms with Gasteiger partial charge in [-0.2, -0.15) is 0 Å². The average molecular weight is 638 g/mol. The highest BCUT2D eigenvalue weighted by Crippen LogP contribution is 2.44. The number of benzene rings is 3. The lowest BCUT2D eigenvalue weighted by molar-refractivity contribution is -0.286. The first-order valence-electron chi connectivity index (χ1n) is 13.5. The number of fused-ring (bicyclic) bond motifs is 1. The molecule has 0 atom stereocenters. The molecule has 9 nitrogen and oxygen atoms in total. The normalized spacial score (nSPS) is 14.5. The number of carbonyl (C=O) groups excluding carboxylic acids is 1. The number of halogens is 2. The number of sulfonamides is 1. The predicted octanol–water partition coefficient (Wildman–Crippen LogP) is 4.91. The predicted molar refractivity (Wildman–Crippen MR) is 156 cm³/mol. The molecule has 0 aliphatic carbocycles. The van der Waals surface area contributed by atoms with Crippen molar-refractivity contribution in [3.8, 4) is 22.6 Å². The van der Waals surface area contributed by atoms with E-state index in [1.807, 2.05) is 39.8 Å². The first kappa shape index (κ1) is 32.5. The van der Waals surface area contributed by atoms with Crippen molar-refractivity contribution in [2.45, 2.75) is 68.6 Å². The number of hydrogen-bond acceptors (Lipinski definition) is 8. The molecule has 0 radical (unpaired) electrons. The number of aliphatic hydroxyl groups is 1. The third kappa shape index (κ3) is 6.90. The number of Topliss-reactive ketones (excluding diaryl/α,β-unsaturated/α-hetero) is 1. The Bertz CT molecular complexity index is 1760. The van der Waals surface area contributed by atoms with Gasteiger partial charge in [-0.15, -0.1) is 8.78 Å². The van der Waals surface area contributed by atoms with Crippen molar-refractivity contribution in [2.24, 2.45) is 0 Å². The molecule has 0 fully saturated rings. The van der Waals surface area contributed by atoms with E-state index in [1.165, 1.54) is 19.2 Å². The van der Waals surface area contributed by atoms with E-state index in [0.717, 1.165) is 29.3 Å². The number of alkyl halides is 2. The fourth-order valence-electron chi connectivity index (χ4n) is 5.04. The Morgan fingerprint density at radius 1 is 0.884 bits per heavy atom. The number of ketones is 1. The van der Waals surface area contributed by atoms with Gasteiger partial charge in [0, 0.05) is 6.42 Å². The second-order valence-corrected chi connectivity index (χ2v) is 14.7. The smallest absolute Gasteiger partial charge is 0.395 e. The van der Waals surface area contributed by atoms with E-state index in [1.54, 1.807) is 6.07 Å². The van der Waals surface area contributed by atoms with E-state index in [4.69, 9.17) is 0 Å². The number of hydrogen-bond donors (Lipinski definition) is 2. The zero-order chi connectivity index (χ0) is 31.9. The van der Waals surface area contributed by atoms with Gasteiger partial charge >= 0.3 is 6.29 Å². The van der Waals surface area contributed by atoms with Crippen LogP contribution in [0.4, 0.5) is 8.78 Å². The fourth-order valence-corrected chi connectivity index (χ4v) is 7.26. The van der Waals surface area contributed by atoms with Crippen LogP contribution >= 0.6 is 0 Å². The van der Waals surface area contributed by atoms with E-state index in [0.29, 0.717) is 16.7 Å². The number of sulfone groups is 1. The summed E-state index contributed by atoms with van der Waals surface area (Å²) in [5.41, 5.74) is 3.50. The number of aliphatic hydroxyl groups excluding tert-OH is 1. The molecule has 0 aromatic heterocycles. The monoisotopic (exact) mass is 637 g/mol. The van der Waals surface area contributed by atoms with Crippen LogP contribution in [-0.2, 0) is 37.7 Å². The summed E-state index contributed by atoms with van der Waals surface area (Å²) >= 11 is 0. The summed E-state index contributed by atoms with van der Waals surface area (Å²) in [6, 6.07) is 11.5. The molecular formula is C30H33F2NO8S2. The lowest BCUT2D eigenvalue weighted by Crippen LogP contribution is -2.25. The standard InChI is InChI=1S/C30H33F2NO8S2/c1-17(2)24-11-20(19-6-8-27-28(13-19)41-30(31,32)40-27)12-25(18(3)4)26(24)14-22(35)16-42(36,37)23-7-9-29(21(10-23)15-34)43(38,39)33-5/h6-13,17-18,33-34H,14-16H2,1-5H3. The van der Waals surface area contributed by atoms with Gasteiger partial charge in [-0.3, -0.25) is 4.79 Å². The SMILES string of the molecule is CNS(=O)(=O)c1ccc(S(=O)(=O)CC(=O)Cc2c(C(C)C)cc(-c3ccc4c(c3)OC(F)(F)O4)cc2C(C)C)cc1CO. The Morgan fingerprint density at radius 3 is 2.05 bits per heavy atom. The van der Waals surface area contributed by atoms with E-state index < -0.39 is 44.3 Å². The summed E-state index contributed by atoms with van der Waals surface area (Å²) in [4.78, 5) is 12.7. The van der Waals surface area contributed by atoms with E-state index in [9.17, 15) is 35.5 Å². The lowest BCUT2D eigenvalue weighted by Gasteiger charge is -2.22. The molecule has 0 spiro atoms. The third-order valence-electron chi connectivity index (χ3n) is 7.14. The van der Waals surface area contributed by atoms with Crippen molar-refractivity contribution in [1.82, 2.24) is 4.72 Å². The van der Waals surface area contributed by atoms with Crippen molar-refractivity contribution in [1.29, 1.82) is 0 Å². The molecule has 1 aliphatic heterocycles. The van der Waals surface area contributed by atoms with Crippen molar-refractivity contribution in [3.63, 3.8) is 0 Å². The molecule has 0 unspecified atom stereocenters. The van der Waals surface area contributed by atoms with E-state index in [-0.39, 0.29) is 45.1 Å². The van der Waals surface area contributed by atoms with Gasteiger partial charge in [-0.05, 0) is 82.6 Å². The van der Waals surface area contributed by atoms with Crippen LogP contribution in [0.1, 0.15) is 61.8 Å². The van der Waals surface area contributed by atoms with Crippen LogP contribution in [0.2, 0.25) is 0 Å². The molecule has 3 aromatic rings. The quantitative estimate of drug-likeness (QED) is 0.303. The number of ether oxygens (including phenoxy) is 2. The Hall–Kier alpha value is -3.39. The lowest BCUT2D eigenvalue weighted by atomic mass is 9.83. The molecule has 0 saturated carbocycles. The summed E-state index contributed by atoms with van der Waals surface area (Å²) in [5, 5.41) is 9.68. The maximum absolute atomic E-state index is 13.6. The van der Waals surface area contributed by atoms with Gasteiger partial charge in [0.05, 0.1) is 16.4 Å². The number of carbonyl (C=O) groups is 1. The third-order valence-corrected chi connectivity index (χ3v) is 10.3. The average Bonchev–Trinajstić information content (AvgIpc) is 3.24. The molecule has 0 saturated heterocycles. The summed E-state index contributed by atoms with van der Waals surface area (Å²) in [6.45, 7) is 7.02. The van der Waals surface area contributed by atoms with Gasteiger partial charge in [0.1, 0.15) is 5.75 Å². The van der Waals surface area contributed by atoms with E-state index >= 15 is 0 Å². The molecule has 232 valence electrons. The zero-order valence-corrected chi connectivity index (χ0v) is 25.9. The van der Waals surface area contributed by atoms with Crippen LogP contribution in [0, 0.1) is 0 Å². The van der Waals surface area contributed by atoms with Gasteiger partial charge < -0.3 is 14.6 Å². The maximum Gasteiger partial charge on any atom is 0.586 e. The van der Waals surface area contributed by atoms with Crippen molar-refractivity contribution in [3.05, 3.63) is 70.8 Å². The largest absolute Gasteiger partial charge is 0.586 e. The van der Waals surface area contributed by atoms with Gasteiger partial charge in [0.2, 0.25) is 10.0 Å². The van der Waals surface area contributed by atoms with Crippen LogP contribution in [0.3, 0.4) is 0 Å². The van der Waals surface area contributed by atoms with Crippen LogP contribution in [0.15, 0.2) is 58.3 Å². The summed E-state index contributed by atoms with van der Waals surface area (Å²) in [5.74, 6) is -1.70.